The molecule has 7 nitrogen and oxygen atoms in total. The maximum atomic E-state index is 11.8. The average Bonchev–Trinajstić information content (AvgIpc) is 2.37. The second kappa shape index (κ2) is 7.13. The molecule has 0 aliphatic rings. The number of nitrogens with one attached hydrogen (secondary N) is 1. The van der Waals surface area contributed by atoms with Gasteiger partial charge in [0.2, 0.25) is 5.91 Å². The summed E-state index contributed by atoms with van der Waals surface area (Å²) in [7, 11) is 1.42. The van der Waals surface area contributed by atoms with Gasteiger partial charge < -0.3 is 26.0 Å². The molecule has 0 heterocycles. The zero-order chi connectivity index (χ0) is 16.9. The molecular formula is C15H22N2O5. The molecule has 5 N–H and O–H groups in total. The van der Waals surface area contributed by atoms with E-state index >= 15 is 0 Å². The number of ether oxygens (including phenoxy) is 1. The van der Waals surface area contributed by atoms with Crippen molar-refractivity contribution in [3.8, 4) is 11.5 Å². The lowest BCUT2D eigenvalue weighted by Gasteiger charge is -2.21. The van der Waals surface area contributed by atoms with E-state index in [0.717, 1.165) is 0 Å². The standard InChI is InChI=1S/C15H22N2O5/c1-15(2,16)8-13(19)17-11(14(20)21)6-9-4-5-10(18)7-12(9)22-3/h4-5,7,11,18H,6,8,16H2,1-3H3,(H,17,19)(H,20,21)/t11-/m0/s1. The van der Waals surface area contributed by atoms with E-state index in [2.05, 4.69) is 5.32 Å². The molecule has 22 heavy (non-hydrogen) atoms. The molecule has 0 aliphatic carbocycles. The van der Waals surface area contributed by atoms with Gasteiger partial charge in [-0.25, -0.2) is 4.79 Å². The lowest BCUT2D eigenvalue weighted by Crippen LogP contribution is -2.46. The fourth-order valence-corrected chi connectivity index (χ4v) is 1.98. The van der Waals surface area contributed by atoms with Crippen molar-refractivity contribution < 1.29 is 24.5 Å². The van der Waals surface area contributed by atoms with Crippen LogP contribution in [0.2, 0.25) is 0 Å². The molecule has 122 valence electrons. The van der Waals surface area contributed by atoms with Crippen LogP contribution in [0.1, 0.15) is 25.8 Å². The van der Waals surface area contributed by atoms with Crippen LogP contribution in [0, 0.1) is 0 Å². The predicted molar refractivity (Wildman–Crippen MR) is 80.8 cm³/mol. The molecule has 0 saturated carbocycles. The van der Waals surface area contributed by atoms with Gasteiger partial charge in [0, 0.05) is 24.4 Å². The average molecular weight is 310 g/mol. The van der Waals surface area contributed by atoms with Crippen molar-refractivity contribution in [3.05, 3.63) is 23.8 Å². The third-order valence-corrected chi connectivity index (χ3v) is 2.94. The molecular weight excluding hydrogens is 288 g/mol. The molecule has 0 spiro atoms. The summed E-state index contributed by atoms with van der Waals surface area (Å²) >= 11 is 0. The Morgan fingerprint density at radius 2 is 2.05 bits per heavy atom. The van der Waals surface area contributed by atoms with Crippen molar-refractivity contribution in [2.75, 3.05) is 7.11 Å². The SMILES string of the molecule is COc1cc(O)ccc1C[C@H](NC(=O)CC(C)(C)N)C(=O)O. The van der Waals surface area contributed by atoms with Crippen molar-refractivity contribution >= 4 is 11.9 Å². The van der Waals surface area contributed by atoms with Gasteiger partial charge >= 0.3 is 5.97 Å². The summed E-state index contributed by atoms with van der Waals surface area (Å²) in [5.74, 6) is -1.21. The first-order valence-electron chi connectivity index (χ1n) is 6.79. The van der Waals surface area contributed by atoms with Gasteiger partial charge in [-0.1, -0.05) is 6.07 Å². The van der Waals surface area contributed by atoms with E-state index in [0.29, 0.717) is 11.3 Å². The van der Waals surface area contributed by atoms with Gasteiger partial charge in [-0.05, 0) is 25.5 Å². The van der Waals surface area contributed by atoms with E-state index in [1.54, 1.807) is 19.9 Å². The molecule has 0 saturated heterocycles. The fourth-order valence-electron chi connectivity index (χ4n) is 1.98. The minimum Gasteiger partial charge on any atom is -0.508 e. The molecule has 0 fully saturated rings. The largest absolute Gasteiger partial charge is 0.508 e. The molecule has 0 radical (unpaired) electrons. The van der Waals surface area contributed by atoms with E-state index in [1.165, 1.54) is 19.2 Å². The molecule has 1 aromatic carbocycles. The molecule has 0 bridgehead atoms. The number of benzene rings is 1. The van der Waals surface area contributed by atoms with Gasteiger partial charge in [0.05, 0.1) is 7.11 Å². The number of carboxylic acids is 1. The smallest absolute Gasteiger partial charge is 0.326 e. The van der Waals surface area contributed by atoms with Gasteiger partial charge in [-0.3, -0.25) is 4.79 Å². The molecule has 1 rings (SSSR count). The van der Waals surface area contributed by atoms with Gasteiger partial charge in [-0.2, -0.15) is 0 Å². The first-order chi connectivity index (χ1) is 10.1. The Balaban J connectivity index is 2.85. The van der Waals surface area contributed by atoms with Gasteiger partial charge in [0.15, 0.2) is 0 Å². The van der Waals surface area contributed by atoms with Crippen LogP contribution in [0.3, 0.4) is 0 Å². The van der Waals surface area contributed by atoms with Gasteiger partial charge in [0.1, 0.15) is 17.5 Å². The molecule has 0 unspecified atom stereocenters. The van der Waals surface area contributed by atoms with Crippen LogP contribution < -0.4 is 15.8 Å². The summed E-state index contributed by atoms with van der Waals surface area (Å²) < 4.78 is 5.11. The highest BCUT2D eigenvalue weighted by Crippen LogP contribution is 2.25. The van der Waals surface area contributed by atoms with Crippen LogP contribution in [0.25, 0.3) is 0 Å². The van der Waals surface area contributed by atoms with Crippen LogP contribution >= 0.6 is 0 Å². The first kappa shape index (κ1) is 17.8. The van der Waals surface area contributed by atoms with E-state index < -0.39 is 23.5 Å². The lowest BCUT2D eigenvalue weighted by molar-refractivity contribution is -0.141. The number of aromatic hydroxyl groups is 1. The number of phenols is 1. The fraction of sp³-hybridized carbons (Fsp3) is 0.467. The zero-order valence-corrected chi connectivity index (χ0v) is 12.9. The van der Waals surface area contributed by atoms with Gasteiger partial charge in [0.25, 0.3) is 0 Å². The highest BCUT2D eigenvalue weighted by Gasteiger charge is 2.24. The number of hydrogen-bond acceptors (Lipinski definition) is 5. The van der Waals surface area contributed by atoms with Crippen molar-refractivity contribution in [3.63, 3.8) is 0 Å². The Labute approximate surface area is 129 Å². The second-order valence-electron chi connectivity index (χ2n) is 5.82. The normalized spacial score (nSPS) is 12.5. The number of nitrogens with two attached hydrogens (primary N) is 1. The summed E-state index contributed by atoms with van der Waals surface area (Å²) in [6.07, 6.45) is 0.0546. The Hall–Kier alpha value is -2.28. The number of hydrogen-bond donors (Lipinski definition) is 4. The minimum atomic E-state index is -1.15. The van der Waals surface area contributed by atoms with Crippen molar-refractivity contribution in [2.24, 2.45) is 5.73 Å². The number of methoxy groups -OCH3 is 1. The maximum absolute atomic E-state index is 11.8. The van der Waals surface area contributed by atoms with Crippen LogP contribution in [0.15, 0.2) is 18.2 Å². The van der Waals surface area contributed by atoms with Crippen LogP contribution in [-0.2, 0) is 16.0 Å². The molecule has 0 aliphatic heterocycles. The topological polar surface area (TPSA) is 122 Å². The molecule has 1 atom stereocenters. The van der Waals surface area contributed by atoms with Crippen molar-refractivity contribution in [2.45, 2.75) is 38.3 Å². The quantitative estimate of drug-likeness (QED) is 0.586. The number of phenolic OH excluding ortho intramolecular Hbond substituents is 1. The summed E-state index contributed by atoms with van der Waals surface area (Å²) in [4.78, 5) is 23.2. The maximum Gasteiger partial charge on any atom is 0.326 e. The molecule has 0 aromatic heterocycles. The lowest BCUT2D eigenvalue weighted by atomic mass is 10.0. The molecule has 1 amide bonds. The monoisotopic (exact) mass is 310 g/mol. The van der Waals surface area contributed by atoms with Crippen molar-refractivity contribution in [1.29, 1.82) is 0 Å². The Morgan fingerprint density at radius 1 is 1.41 bits per heavy atom. The summed E-state index contributed by atoms with van der Waals surface area (Å²) in [5, 5.41) is 21.1. The highest BCUT2D eigenvalue weighted by atomic mass is 16.5. The summed E-state index contributed by atoms with van der Waals surface area (Å²) in [6.45, 7) is 3.37. The summed E-state index contributed by atoms with van der Waals surface area (Å²) in [6, 6.07) is 3.28. The Bertz CT molecular complexity index is 551. The number of rotatable bonds is 7. The number of aliphatic carboxylic acids is 1. The highest BCUT2D eigenvalue weighted by molar-refractivity contribution is 5.84. The number of carboxylic acid groups (broad SMARTS) is 1. The van der Waals surface area contributed by atoms with Crippen molar-refractivity contribution in [1.82, 2.24) is 5.32 Å². The first-order valence-corrected chi connectivity index (χ1v) is 6.79. The molecule has 1 aromatic rings. The predicted octanol–water partition coefficient (Wildman–Crippen LogP) is 0.640. The molecule has 7 heteroatoms. The van der Waals surface area contributed by atoms with E-state index in [4.69, 9.17) is 10.5 Å². The van der Waals surface area contributed by atoms with Crippen LogP contribution in [0.5, 0.6) is 11.5 Å². The van der Waals surface area contributed by atoms with E-state index in [1.807, 2.05) is 0 Å². The zero-order valence-electron chi connectivity index (χ0n) is 12.9. The number of carbonyl (C=O) groups excluding carboxylic acids is 1. The Morgan fingerprint density at radius 3 is 2.55 bits per heavy atom. The van der Waals surface area contributed by atoms with E-state index in [-0.39, 0.29) is 18.6 Å². The third-order valence-electron chi connectivity index (χ3n) is 2.94. The summed E-state index contributed by atoms with van der Waals surface area (Å²) in [5.41, 5.74) is 5.60. The van der Waals surface area contributed by atoms with Crippen LogP contribution in [0.4, 0.5) is 0 Å². The third kappa shape index (κ3) is 5.61. The number of amides is 1. The minimum absolute atomic E-state index is 0.0152. The Kier molecular flexibility index (Phi) is 5.76. The van der Waals surface area contributed by atoms with E-state index in [9.17, 15) is 19.8 Å². The second-order valence-corrected chi connectivity index (χ2v) is 5.82. The van der Waals surface area contributed by atoms with Crippen LogP contribution in [-0.4, -0.2) is 40.8 Å². The number of carbonyl (C=O) groups is 2. The van der Waals surface area contributed by atoms with Gasteiger partial charge in [-0.15, -0.1) is 0 Å².